The Morgan fingerprint density at radius 1 is 1.12 bits per heavy atom. The highest BCUT2D eigenvalue weighted by atomic mass is 32.1. The van der Waals surface area contributed by atoms with Gasteiger partial charge in [0, 0.05) is 29.7 Å². The van der Waals surface area contributed by atoms with Crippen LogP contribution in [0, 0.1) is 20.8 Å². The second-order valence-electron chi connectivity index (χ2n) is 11.5. The number of aryl methyl sites for hydroxylation is 3. The van der Waals surface area contributed by atoms with E-state index in [0.29, 0.717) is 41.6 Å². The van der Waals surface area contributed by atoms with Crippen molar-refractivity contribution in [2.24, 2.45) is 0 Å². The maximum Gasteiger partial charge on any atom is 0.410 e. The van der Waals surface area contributed by atoms with Gasteiger partial charge in [-0.25, -0.2) is 19.3 Å². The van der Waals surface area contributed by atoms with Gasteiger partial charge >= 0.3 is 6.09 Å². The number of rotatable bonds is 5. The van der Waals surface area contributed by atoms with Crippen LogP contribution in [-0.2, 0) is 4.74 Å². The molecule has 0 aliphatic carbocycles. The Hall–Kier alpha value is -4.85. The first kappa shape index (κ1) is 28.3. The van der Waals surface area contributed by atoms with Gasteiger partial charge in [0.2, 0.25) is 17.7 Å². The van der Waals surface area contributed by atoms with E-state index in [1.165, 1.54) is 11.3 Å². The molecule has 6 rings (SSSR count). The molecule has 0 radical (unpaired) electrons. The molecule has 0 atom stereocenters. The minimum Gasteiger partial charge on any atom is -0.444 e. The molecule has 2 amide bonds. The molecule has 0 bridgehead atoms. The first-order valence-corrected chi connectivity index (χ1v) is 14.5. The van der Waals surface area contributed by atoms with E-state index in [1.54, 1.807) is 21.8 Å². The molecular formula is C29H31N9O4S. The molecule has 1 fully saturated rings. The zero-order valence-electron chi connectivity index (χ0n) is 24.6. The number of carbonyl (C=O) groups is 2. The number of nitrogens with zero attached hydrogens (tertiary/aromatic N) is 7. The number of pyridine rings is 1. The molecule has 0 unspecified atom stereocenters. The van der Waals surface area contributed by atoms with E-state index in [2.05, 4.69) is 30.5 Å². The van der Waals surface area contributed by atoms with Crippen LogP contribution in [0.15, 0.2) is 35.1 Å². The Kier molecular flexibility index (Phi) is 6.87. The van der Waals surface area contributed by atoms with Crippen molar-refractivity contribution in [2.45, 2.75) is 53.1 Å². The van der Waals surface area contributed by atoms with Crippen LogP contribution in [-0.4, -0.2) is 65.3 Å². The van der Waals surface area contributed by atoms with Gasteiger partial charge in [-0.15, -0.1) is 11.3 Å². The van der Waals surface area contributed by atoms with Gasteiger partial charge in [0.05, 0.1) is 45.1 Å². The van der Waals surface area contributed by atoms with Gasteiger partial charge in [-0.1, -0.05) is 5.16 Å². The lowest BCUT2D eigenvalue weighted by Gasteiger charge is -2.37. The van der Waals surface area contributed by atoms with Crippen LogP contribution in [0.5, 0.6) is 0 Å². The molecule has 1 aliphatic rings. The van der Waals surface area contributed by atoms with Gasteiger partial charge < -0.3 is 25.2 Å². The molecule has 43 heavy (non-hydrogen) atoms. The third-order valence-corrected chi connectivity index (χ3v) is 8.10. The van der Waals surface area contributed by atoms with E-state index in [4.69, 9.17) is 15.0 Å². The first-order chi connectivity index (χ1) is 20.4. The highest BCUT2D eigenvalue weighted by Gasteiger charge is 2.38. The Morgan fingerprint density at radius 3 is 2.53 bits per heavy atom. The molecule has 5 aromatic rings. The van der Waals surface area contributed by atoms with Gasteiger partial charge in [0.25, 0.3) is 5.91 Å². The fraction of sp³-hybridized carbons (Fsp3) is 0.345. The quantitative estimate of drug-likeness (QED) is 0.280. The van der Waals surface area contributed by atoms with Gasteiger partial charge in [-0.2, -0.15) is 10.1 Å². The fourth-order valence-corrected chi connectivity index (χ4v) is 5.89. The minimum absolute atomic E-state index is 0.0538. The Labute approximate surface area is 251 Å². The number of nitrogens with two attached hydrogens (primary N) is 1. The molecule has 1 aliphatic heterocycles. The van der Waals surface area contributed by atoms with Crippen LogP contribution in [0.4, 0.5) is 16.4 Å². The van der Waals surface area contributed by atoms with Crippen molar-refractivity contribution in [3.8, 4) is 21.8 Å². The van der Waals surface area contributed by atoms with Crippen LogP contribution in [0.3, 0.4) is 0 Å². The summed E-state index contributed by atoms with van der Waals surface area (Å²) in [6.45, 7) is 12.1. The van der Waals surface area contributed by atoms with Crippen LogP contribution in [0.25, 0.3) is 27.3 Å². The number of hydrogen-bond acceptors (Lipinski definition) is 11. The number of nitrogen functional groups attached to an aromatic ring is 1. The van der Waals surface area contributed by atoms with Gasteiger partial charge in [0.1, 0.15) is 5.60 Å². The molecule has 3 N–H and O–H groups in total. The second kappa shape index (κ2) is 10.5. The van der Waals surface area contributed by atoms with E-state index in [9.17, 15) is 9.59 Å². The van der Waals surface area contributed by atoms with Crippen molar-refractivity contribution in [1.29, 1.82) is 0 Å². The number of likely N-dealkylation sites (tertiary alicyclic amines) is 1. The van der Waals surface area contributed by atoms with Gasteiger partial charge in [0.15, 0.2) is 0 Å². The summed E-state index contributed by atoms with van der Waals surface area (Å²) in [5, 5.41) is 11.5. The number of anilines is 2. The van der Waals surface area contributed by atoms with Gasteiger partial charge in [-0.3, -0.25) is 4.79 Å². The summed E-state index contributed by atoms with van der Waals surface area (Å²) in [4.78, 5) is 42.1. The molecule has 0 spiro atoms. The van der Waals surface area contributed by atoms with Crippen molar-refractivity contribution in [1.82, 2.24) is 34.6 Å². The molecule has 5 aromatic heterocycles. The topological polar surface area (TPSA) is 167 Å². The summed E-state index contributed by atoms with van der Waals surface area (Å²) in [6.07, 6.45) is 2.98. The van der Waals surface area contributed by atoms with E-state index >= 15 is 0 Å². The molecule has 1 saturated heterocycles. The van der Waals surface area contributed by atoms with E-state index in [1.807, 2.05) is 59.7 Å². The van der Waals surface area contributed by atoms with Crippen molar-refractivity contribution >= 4 is 40.5 Å². The fourth-order valence-electron chi connectivity index (χ4n) is 4.99. The molecule has 14 heteroatoms. The van der Waals surface area contributed by atoms with Crippen molar-refractivity contribution in [2.75, 3.05) is 24.1 Å². The number of carbonyl (C=O) groups excluding carboxylic acids is 2. The summed E-state index contributed by atoms with van der Waals surface area (Å²) in [6, 6.07) is 5.63. The lowest BCUT2D eigenvalue weighted by Crippen LogP contribution is -2.50. The molecule has 6 heterocycles. The van der Waals surface area contributed by atoms with E-state index in [0.717, 1.165) is 32.3 Å². The number of hydrogen-bond donors (Lipinski definition) is 2. The summed E-state index contributed by atoms with van der Waals surface area (Å²) < 4.78 is 12.6. The smallest absolute Gasteiger partial charge is 0.410 e. The standard InChI is InChI=1S/C29H31N9O4S/c1-14-23(15(2)33-27(30)32-14)17-7-8-38-21(9-17)19(11-31-38)25(39)34-20-10-22(43-16(20)3)24-35-26(42-36-24)18-12-37(13-18)28(40)41-29(4,5)6/h7-11,18H,12-13H2,1-6H3,(H,34,39)(H2,30,32,33). The average molecular weight is 602 g/mol. The number of fused-ring (bicyclic) bond motifs is 1. The zero-order valence-corrected chi connectivity index (χ0v) is 25.4. The summed E-state index contributed by atoms with van der Waals surface area (Å²) in [7, 11) is 0. The number of thiophene rings is 1. The molecule has 0 aromatic carbocycles. The normalized spacial score (nSPS) is 13.8. The van der Waals surface area contributed by atoms with E-state index < -0.39 is 5.60 Å². The molecule has 0 saturated carbocycles. The zero-order chi connectivity index (χ0) is 30.6. The molecule has 222 valence electrons. The highest BCUT2D eigenvalue weighted by Crippen LogP contribution is 2.35. The van der Waals surface area contributed by atoms with Gasteiger partial charge in [-0.05, 0) is 65.3 Å². The van der Waals surface area contributed by atoms with Crippen LogP contribution >= 0.6 is 11.3 Å². The van der Waals surface area contributed by atoms with Crippen molar-refractivity contribution < 1.29 is 18.8 Å². The third kappa shape index (κ3) is 5.52. The van der Waals surface area contributed by atoms with Crippen LogP contribution < -0.4 is 11.1 Å². The maximum atomic E-state index is 13.4. The van der Waals surface area contributed by atoms with Crippen molar-refractivity contribution in [3.05, 3.63) is 58.3 Å². The number of nitrogens with one attached hydrogen (secondary N) is 1. The lowest BCUT2D eigenvalue weighted by atomic mass is 10.0. The summed E-state index contributed by atoms with van der Waals surface area (Å²) in [5.74, 6) is 0.760. The summed E-state index contributed by atoms with van der Waals surface area (Å²) >= 11 is 1.45. The second-order valence-corrected chi connectivity index (χ2v) is 12.8. The first-order valence-electron chi connectivity index (χ1n) is 13.7. The monoisotopic (exact) mass is 601 g/mol. The average Bonchev–Trinajstić information content (AvgIpc) is 3.60. The SMILES string of the molecule is Cc1nc(N)nc(C)c1-c1ccn2ncc(C(=O)Nc3cc(-c4noc(C5CN(C(=O)OC(C)(C)C)C5)n4)sc3C)c2c1. The number of ether oxygens (including phenoxy) is 1. The lowest BCUT2D eigenvalue weighted by molar-refractivity contribution is 0.00557. The molecular weight excluding hydrogens is 570 g/mol. The summed E-state index contributed by atoms with van der Waals surface area (Å²) in [5.41, 5.74) is 10.2. The number of aromatic nitrogens is 6. The predicted molar refractivity (Wildman–Crippen MR) is 161 cm³/mol. The van der Waals surface area contributed by atoms with Crippen LogP contribution in [0.2, 0.25) is 0 Å². The maximum absolute atomic E-state index is 13.4. The third-order valence-electron chi connectivity index (χ3n) is 7.05. The largest absolute Gasteiger partial charge is 0.444 e. The highest BCUT2D eigenvalue weighted by molar-refractivity contribution is 7.16. The van der Waals surface area contributed by atoms with Crippen molar-refractivity contribution in [3.63, 3.8) is 0 Å². The predicted octanol–water partition coefficient (Wildman–Crippen LogP) is 5.00. The van der Waals surface area contributed by atoms with Crippen LogP contribution in [0.1, 0.15) is 59.2 Å². The number of amides is 2. The minimum atomic E-state index is -0.552. The van der Waals surface area contributed by atoms with E-state index in [-0.39, 0.29) is 23.9 Å². The Balaban J connectivity index is 1.17. The molecule has 13 nitrogen and oxygen atoms in total. The Bertz CT molecular complexity index is 1860. The Morgan fingerprint density at radius 2 is 1.84 bits per heavy atom.